The second-order valence-corrected chi connectivity index (χ2v) is 4.42. The maximum absolute atomic E-state index is 13.7. The lowest BCUT2D eigenvalue weighted by Crippen LogP contribution is -2.04. The molecule has 1 fully saturated rings. The normalized spacial score (nSPS) is 21.7. The summed E-state index contributed by atoms with van der Waals surface area (Å²) in [5.41, 5.74) is 0.0200. The number of carboxylic acid groups (broad SMARTS) is 1. The van der Waals surface area contributed by atoms with E-state index in [0.29, 0.717) is 6.42 Å². The third kappa shape index (κ3) is 1.96. The number of phenolic OH excluding ortho intramolecular Hbond substituents is 1. The van der Waals surface area contributed by atoms with Crippen molar-refractivity contribution in [3.05, 3.63) is 29.1 Å². The van der Waals surface area contributed by atoms with Gasteiger partial charge < -0.3 is 10.2 Å². The first-order valence-electron chi connectivity index (χ1n) is 5.74. The fourth-order valence-corrected chi connectivity index (χ4v) is 2.14. The third-order valence-electron chi connectivity index (χ3n) is 3.26. The summed E-state index contributed by atoms with van der Waals surface area (Å²) in [7, 11) is 0. The van der Waals surface area contributed by atoms with Gasteiger partial charge in [-0.1, -0.05) is 6.92 Å². The van der Waals surface area contributed by atoms with Crippen LogP contribution >= 0.6 is 0 Å². The predicted octanol–water partition coefficient (Wildman–Crippen LogP) is 2.31. The highest BCUT2D eigenvalue weighted by molar-refractivity contribution is 5.99. The Bertz CT molecular complexity index is 524. The van der Waals surface area contributed by atoms with E-state index in [1.54, 1.807) is 6.92 Å². The topological polar surface area (TPSA) is 74.6 Å². The van der Waals surface area contributed by atoms with Crippen LogP contribution in [0.15, 0.2) is 12.1 Å². The van der Waals surface area contributed by atoms with Crippen molar-refractivity contribution in [2.24, 2.45) is 5.92 Å². The zero-order chi connectivity index (χ0) is 13.4. The minimum absolute atomic E-state index is 0.0401. The Hall–Kier alpha value is -1.91. The fraction of sp³-hybridized carbons (Fsp3) is 0.385. The molecule has 1 aromatic carbocycles. The van der Waals surface area contributed by atoms with E-state index in [9.17, 15) is 19.1 Å². The van der Waals surface area contributed by atoms with Crippen LogP contribution in [0.25, 0.3) is 0 Å². The molecular formula is C13H13FO4. The van der Waals surface area contributed by atoms with Gasteiger partial charge in [-0.3, -0.25) is 9.59 Å². The van der Waals surface area contributed by atoms with Crippen LogP contribution in [0.1, 0.15) is 41.6 Å². The Morgan fingerprint density at radius 2 is 2.11 bits per heavy atom. The Kier molecular flexibility index (Phi) is 3.07. The van der Waals surface area contributed by atoms with Crippen LogP contribution in [0.3, 0.4) is 0 Å². The number of aromatic hydroxyl groups is 1. The van der Waals surface area contributed by atoms with Crippen molar-refractivity contribution in [3.63, 3.8) is 0 Å². The second-order valence-electron chi connectivity index (χ2n) is 4.42. The highest BCUT2D eigenvalue weighted by Gasteiger charge is 2.47. The number of hydrogen-bond acceptors (Lipinski definition) is 3. The number of hydrogen-bond donors (Lipinski definition) is 2. The summed E-state index contributed by atoms with van der Waals surface area (Å²) >= 11 is 0. The first-order chi connectivity index (χ1) is 8.47. The standard InChI is InChI=1S/C13H13FO4/c1-2-10(15)6-3-4-9(14)11(12(6)16)7-5-8(7)13(17)18/h3-4,7-8,16H,2,5H2,1H3,(H,17,18)/t7-,8+/m0/s1. The van der Waals surface area contributed by atoms with Gasteiger partial charge in [-0.05, 0) is 18.6 Å². The molecule has 2 atom stereocenters. The van der Waals surface area contributed by atoms with Gasteiger partial charge in [0.1, 0.15) is 11.6 Å². The van der Waals surface area contributed by atoms with Gasteiger partial charge >= 0.3 is 5.97 Å². The van der Waals surface area contributed by atoms with Gasteiger partial charge in [0.2, 0.25) is 0 Å². The number of carbonyl (C=O) groups excluding carboxylic acids is 1. The maximum Gasteiger partial charge on any atom is 0.307 e. The van der Waals surface area contributed by atoms with Crippen LogP contribution in [-0.4, -0.2) is 22.0 Å². The second kappa shape index (κ2) is 4.40. The Morgan fingerprint density at radius 1 is 1.44 bits per heavy atom. The first kappa shape index (κ1) is 12.5. The van der Waals surface area contributed by atoms with Crippen molar-refractivity contribution in [3.8, 4) is 5.75 Å². The molecule has 0 aromatic heterocycles. The number of carboxylic acids is 1. The molecule has 5 heteroatoms. The molecule has 0 aliphatic heterocycles. The van der Waals surface area contributed by atoms with Crippen LogP contribution in [0.2, 0.25) is 0 Å². The first-order valence-corrected chi connectivity index (χ1v) is 5.74. The van der Waals surface area contributed by atoms with Crippen molar-refractivity contribution < 1.29 is 24.2 Å². The molecule has 0 unspecified atom stereocenters. The number of carbonyl (C=O) groups is 2. The Morgan fingerprint density at radius 3 is 2.61 bits per heavy atom. The summed E-state index contributed by atoms with van der Waals surface area (Å²) in [6.45, 7) is 1.64. The Balaban J connectivity index is 2.42. The third-order valence-corrected chi connectivity index (χ3v) is 3.26. The molecule has 1 aliphatic rings. The molecule has 0 spiro atoms. The van der Waals surface area contributed by atoms with Crippen molar-refractivity contribution in [1.82, 2.24) is 0 Å². The van der Waals surface area contributed by atoms with E-state index in [2.05, 4.69) is 0 Å². The average Bonchev–Trinajstić information content (AvgIpc) is 3.08. The maximum atomic E-state index is 13.7. The van der Waals surface area contributed by atoms with Gasteiger partial charge in [0, 0.05) is 17.9 Å². The van der Waals surface area contributed by atoms with Gasteiger partial charge in [-0.15, -0.1) is 0 Å². The lowest BCUT2D eigenvalue weighted by Gasteiger charge is -2.09. The average molecular weight is 252 g/mol. The molecule has 1 aliphatic carbocycles. The van der Waals surface area contributed by atoms with E-state index in [1.165, 1.54) is 6.07 Å². The lowest BCUT2D eigenvalue weighted by atomic mass is 9.99. The van der Waals surface area contributed by atoms with Crippen LogP contribution in [-0.2, 0) is 4.79 Å². The molecule has 96 valence electrons. The minimum Gasteiger partial charge on any atom is -0.507 e. The van der Waals surface area contributed by atoms with Crippen molar-refractivity contribution in [1.29, 1.82) is 0 Å². The molecular weight excluding hydrogens is 239 g/mol. The van der Waals surface area contributed by atoms with Gasteiger partial charge in [0.15, 0.2) is 5.78 Å². The molecule has 2 N–H and O–H groups in total. The van der Waals surface area contributed by atoms with Crippen molar-refractivity contribution in [2.45, 2.75) is 25.7 Å². The zero-order valence-electron chi connectivity index (χ0n) is 9.81. The van der Waals surface area contributed by atoms with E-state index in [1.807, 2.05) is 0 Å². The minimum atomic E-state index is -1.01. The largest absolute Gasteiger partial charge is 0.507 e. The van der Waals surface area contributed by atoms with Crippen molar-refractivity contribution >= 4 is 11.8 Å². The molecule has 1 saturated carbocycles. The fourth-order valence-electron chi connectivity index (χ4n) is 2.14. The highest BCUT2D eigenvalue weighted by Crippen LogP contribution is 2.51. The predicted molar refractivity (Wildman–Crippen MR) is 61.2 cm³/mol. The molecule has 0 amide bonds. The zero-order valence-corrected chi connectivity index (χ0v) is 9.81. The summed E-state index contributed by atoms with van der Waals surface area (Å²) in [5, 5.41) is 18.7. The van der Waals surface area contributed by atoms with Gasteiger partial charge in [-0.2, -0.15) is 0 Å². The molecule has 0 bridgehead atoms. The van der Waals surface area contributed by atoms with E-state index in [4.69, 9.17) is 5.11 Å². The van der Waals surface area contributed by atoms with Gasteiger partial charge in [0.25, 0.3) is 0 Å². The van der Waals surface area contributed by atoms with Crippen LogP contribution < -0.4 is 0 Å². The van der Waals surface area contributed by atoms with E-state index in [-0.39, 0.29) is 23.3 Å². The number of phenols is 1. The number of ketones is 1. The summed E-state index contributed by atoms with van der Waals surface area (Å²) < 4.78 is 13.7. The van der Waals surface area contributed by atoms with E-state index in [0.717, 1.165) is 6.07 Å². The molecule has 18 heavy (non-hydrogen) atoms. The number of rotatable bonds is 4. The van der Waals surface area contributed by atoms with Crippen LogP contribution in [0.5, 0.6) is 5.75 Å². The molecule has 0 heterocycles. The number of aliphatic carboxylic acids is 1. The van der Waals surface area contributed by atoms with Gasteiger partial charge in [0.05, 0.1) is 11.5 Å². The van der Waals surface area contributed by atoms with E-state index >= 15 is 0 Å². The van der Waals surface area contributed by atoms with Crippen LogP contribution in [0, 0.1) is 11.7 Å². The molecule has 4 nitrogen and oxygen atoms in total. The van der Waals surface area contributed by atoms with E-state index < -0.39 is 29.4 Å². The smallest absolute Gasteiger partial charge is 0.307 e. The van der Waals surface area contributed by atoms with Crippen molar-refractivity contribution in [2.75, 3.05) is 0 Å². The number of Topliss-reactive ketones (excluding diaryl/α,β-unsaturated/α-hetero) is 1. The van der Waals surface area contributed by atoms with Gasteiger partial charge in [-0.25, -0.2) is 4.39 Å². The Labute approximate surface area is 103 Å². The molecule has 2 rings (SSSR count). The lowest BCUT2D eigenvalue weighted by molar-refractivity contribution is -0.138. The molecule has 0 saturated heterocycles. The molecule has 0 radical (unpaired) electrons. The summed E-state index contributed by atoms with van der Waals surface area (Å²) in [6.07, 6.45) is 0.495. The quantitative estimate of drug-likeness (QED) is 0.806. The number of halogens is 1. The summed E-state index contributed by atoms with van der Waals surface area (Å²) in [6, 6.07) is 2.34. The molecule has 1 aromatic rings. The number of benzene rings is 1. The highest BCUT2D eigenvalue weighted by atomic mass is 19.1. The SMILES string of the molecule is CCC(=O)c1ccc(F)c([C@H]2C[C@H]2C(=O)O)c1O. The summed E-state index contributed by atoms with van der Waals surface area (Å²) in [5.74, 6) is -3.57. The monoisotopic (exact) mass is 252 g/mol. The summed E-state index contributed by atoms with van der Waals surface area (Å²) in [4.78, 5) is 22.3. The van der Waals surface area contributed by atoms with Crippen LogP contribution in [0.4, 0.5) is 4.39 Å².